The number of ether oxygens (including phenoxy) is 1. The van der Waals surface area contributed by atoms with E-state index in [4.69, 9.17) is 4.74 Å². The number of carbonyl (C=O) groups excluding carboxylic acids is 3. The summed E-state index contributed by atoms with van der Waals surface area (Å²) < 4.78 is 5.08. The van der Waals surface area contributed by atoms with Crippen molar-refractivity contribution in [1.29, 1.82) is 0 Å². The van der Waals surface area contributed by atoms with Gasteiger partial charge >= 0.3 is 5.97 Å². The van der Waals surface area contributed by atoms with Gasteiger partial charge in [0.05, 0.1) is 23.6 Å². The molecular weight excluding hydrogens is 340 g/mol. The molecule has 138 valence electrons. The van der Waals surface area contributed by atoms with Gasteiger partial charge in [-0.05, 0) is 51.6 Å². The lowest BCUT2D eigenvalue weighted by Crippen LogP contribution is -2.39. The lowest BCUT2D eigenvalue weighted by atomic mass is 10.0. The molecule has 1 aliphatic heterocycles. The van der Waals surface area contributed by atoms with Crippen LogP contribution in [0.3, 0.4) is 0 Å². The summed E-state index contributed by atoms with van der Waals surface area (Å²) in [5, 5.41) is 3.21. The van der Waals surface area contributed by atoms with Crippen molar-refractivity contribution in [1.82, 2.24) is 4.90 Å². The van der Waals surface area contributed by atoms with Gasteiger partial charge in [-0.1, -0.05) is 6.92 Å². The molecule has 0 radical (unpaired) electrons. The smallest absolute Gasteiger partial charge is 0.341 e. The third-order valence-corrected chi connectivity index (χ3v) is 5.62. The lowest BCUT2D eigenvalue weighted by Gasteiger charge is -2.30. The summed E-state index contributed by atoms with van der Waals surface area (Å²) in [7, 11) is 0. The molecule has 7 heteroatoms. The molecule has 1 aromatic rings. The second-order valence-corrected chi connectivity index (χ2v) is 7.59. The SMILES string of the molecule is CCOC(=O)c1c(NC(=O)CN2CCC[C@@H](C)C2)sc(C(C)=O)c1C. The maximum atomic E-state index is 12.4. The number of rotatable bonds is 6. The van der Waals surface area contributed by atoms with Gasteiger partial charge in [0.15, 0.2) is 5.78 Å². The third-order valence-electron chi connectivity index (χ3n) is 4.31. The van der Waals surface area contributed by atoms with Gasteiger partial charge in [-0.25, -0.2) is 4.79 Å². The molecule has 0 aromatic carbocycles. The van der Waals surface area contributed by atoms with Crippen molar-refractivity contribution in [3.05, 3.63) is 16.0 Å². The van der Waals surface area contributed by atoms with Crippen LogP contribution in [0.4, 0.5) is 5.00 Å². The second kappa shape index (κ2) is 8.58. The standard InChI is InChI=1S/C18H26N2O4S/c1-5-24-18(23)15-12(3)16(13(4)21)25-17(15)19-14(22)10-20-8-6-7-11(2)9-20/h11H,5-10H2,1-4H3,(H,19,22)/t11-/m1/s1. The first kappa shape index (κ1) is 19.6. The van der Waals surface area contributed by atoms with Crippen molar-refractivity contribution in [3.63, 3.8) is 0 Å². The van der Waals surface area contributed by atoms with Crippen LogP contribution in [-0.4, -0.2) is 48.8 Å². The molecule has 1 aromatic heterocycles. The zero-order chi connectivity index (χ0) is 18.6. The molecule has 2 heterocycles. The first-order valence-electron chi connectivity index (χ1n) is 8.67. The number of Topliss-reactive ketones (excluding diaryl/α,β-unsaturated/α-hetero) is 1. The first-order valence-corrected chi connectivity index (χ1v) is 9.48. The Labute approximate surface area is 152 Å². The molecule has 6 nitrogen and oxygen atoms in total. The van der Waals surface area contributed by atoms with Gasteiger partial charge in [-0.15, -0.1) is 11.3 Å². The van der Waals surface area contributed by atoms with E-state index in [9.17, 15) is 14.4 Å². The monoisotopic (exact) mass is 366 g/mol. The Morgan fingerprint density at radius 3 is 2.68 bits per heavy atom. The largest absolute Gasteiger partial charge is 0.462 e. The van der Waals surface area contributed by atoms with E-state index in [2.05, 4.69) is 17.1 Å². The van der Waals surface area contributed by atoms with Crippen LogP contribution >= 0.6 is 11.3 Å². The minimum atomic E-state index is -0.509. The van der Waals surface area contributed by atoms with Gasteiger partial charge in [0.2, 0.25) is 5.91 Å². The summed E-state index contributed by atoms with van der Waals surface area (Å²) in [6, 6.07) is 0. The number of thiophene rings is 1. The summed E-state index contributed by atoms with van der Waals surface area (Å²) in [5.41, 5.74) is 0.857. The lowest BCUT2D eigenvalue weighted by molar-refractivity contribution is -0.117. The van der Waals surface area contributed by atoms with E-state index in [0.717, 1.165) is 30.8 Å². The average molecular weight is 366 g/mol. The minimum Gasteiger partial charge on any atom is -0.462 e. The van der Waals surface area contributed by atoms with Gasteiger partial charge in [0, 0.05) is 6.54 Å². The fourth-order valence-electron chi connectivity index (χ4n) is 3.19. The number of amides is 1. The van der Waals surface area contributed by atoms with Crippen molar-refractivity contribution in [2.75, 3.05) is 31.6 Å². The number of anilines is 1. The van der Waals surface area contributed by atoms with Crippen LogP contribution in [0.5, 0.6) is 0 Å². The predicted octanol–water partition coefficient (Wildman–Crippen LogP) is 3.11. The Balaban J connectivity index is 2.16. The van der Waals surface area contributed by atoms with E-state index in [1.165, 1.54) is 13.3 Å². The van der Waals surface area contributed by atoms with Crippen molar-refractivity contribution >= 4 is 34.0 Å². The molecule has 0 saturated carbocycles. The number of esters is 1. The zero-order valence-corrected chi connectivity index (χ0v) is 16.1. The van der Waals surface area contributed by atoms with E-state index in [-0.39, 0.29) is 23.9 Å². The van der Waals surface area contributed by atoms with E-state index in [1.807, 2.05) is 0 Å². The highest BCUT2D eigenvalue weighted by atomic mass is 32.1. The van der Waals surface area contributed by atoms with Crippen molar-refractivity contribution in [2.45, 2.75) is 40.5 Å². The summed E-state index contributed by atoms with van der Waals surface area (Å²) in [4.78, 5) is 39.1. The normalized spacial score (nSPS) is 18.0. The Morgan fingerprint density at radius 2 is 2.08 bits per heavy atom. The second-order valence-electron chi connectivity index (χ2n) is 6.57. The fraction of sp³-hybridized carbons (Fsp3) is 0.611. The predicted molar refractivity (Wildman–Crippen MR) is 98.5 cm³/mol. The minimum absolute atomic E-state index is 0.126. The Hall–Kier alpha value is -1.73. The number of nitrogens with one attached hydrogen (secondary N) is 1. The van der Waals surface area contributed by atoms with Crippen LogP contribution in [-0.2, 0) is 9.53 Å². The maximum absolute atomic E-state index is 12.4. The van der Waals surface area contributed by atoms with Crippen molar-refractivity contribution in [3.8, 4) is 0 Å². The Morgan fingerprint density at radius 1 is 1.36 bits per heavy atom. The molecule has 0 aliphatic carbocycles. The third kappa shape index (κ3) is 4.89. The number of likely N-dealkylation sites (tertiary alicyclic amines) is 1. The topological polar surface area (TPSA) is 75.7 Å². The van der Waals surface area contributed by atoms with Gasteiger partial charge in [-0.2, -0.15) is 0 Å². The molecule has 1 saturated heterocycles. The number of hydrogen-bond donors (Lipinski definition) is 1. The van der Waals surface area contributed by atoms with Gasteiger partial charge < -0.3 is 10.1 Å². The van der Waals surface area contributed by atoms with Crippen LogP contribution in [0.1, 0.15) is 59.2 Å². The number of nitrogens with zero attached hydrogens (tertiary/aromatic N) is 1. The Kier molecular flexibility index (Phi) is 6.72. The van der Waals surface area contributed by atoms with Crippen LogP contribution < -0.4 is 5.32 Å². The summed E-state index contributed by atoms with van der Waals surface area (Å²) >= 11 is 1.14. The molecular formula is C18H26N2O4S. The zero-order valence-electron chi connectivity index (χ0n) is 15.3. The summed E-state index contributed by atoms with van der Waals surface area (Å²) in [6.45, 7) is 9.41. The van der Waals surface area contributed by atoms with Crippen LogP contribution in [0.25, 0.3) is 0 Å². The van der Waals surface area contributed by atoms with E-state index in [1.54, 1.807) is 13.8 Å². The molecule has 1 N–H and O–H groups in total. The van der Waals surface area contributed by atoms with Crippen LogP contribution in [0.2, 0.25) is 0 Å². The van der Waals surface area contributed by atoms with Crippen molar-refractivity contribution < 1.29 is 19.1 Å². The number of piperidine rings is 1. The number of carbonyl (C=O) groups is 3. The van der Waals surface area contributed by atoms with Gasteiger partial charge in [0.25, 0.3) is 0 Å². The average Bonchev–Trinajstić information content (AvgIpc) is 2.84. The molecule has 1 amide bonds. The summed E-state index contributed by atoms with van der Waals surface area (Å²) in [6.07, 6.45) is 2.28. The molecule has 1 fully saturated rings. The maximum Gasteiger partial charge on any atom is 0.341 e. The van der Waals surface area contributed by atoms with Gasteiger partial charge in [-0.3, -0.25) is 14.5 Å². The van der Waals surface area contributed by atoms with E-state index < -0.39 is 5.97 Å². The first-order chi connectivity index (χ1) is 11.8. The molecule has 0 bridgehead atoms. The molecule has 0 spiro atoms. The molecule has 2 rings (SSSR count). The fourth-order valence-corrected chi connectivity index (χ4v) is 4.29. The molecule has 25 heavy (non-hydrogen) atoms. The Bertz CT molecular complexity index is 668. The molecule has 0 unspecified atom stereocenters. The molecule has 1 aliphatic rings. The molecule has 1 atom stereocenters. The highest BCUT2D eigenvalue weighted by Crippen LogP contribution is 2.34. The van der Waals surface area contributed by atoms with Crippen LogP contribution in [0.15, 0.2) is 0 Å². The van der Waals surface area contributed by atoms with E-state index in [0.29, 0.717) is 27.9 Å². The summed E-state index contributed by atoms with van der Waals surface area (Å²) in [5.74, 6) is -0.218. The highest BCUT2D eigenvalue weighted by molar-refractivity contribution is 7.18. The number of hydrogen-bond acceptors (Lipinski definition) is 6. The quantitative estimate of drug-likeness (QED) is 0.618. The highest BCUT2D eigenvalue weighted by Gasteiger charge is 2.26. The van der Waals surface area contributed by atoms with Crippen molar-refractivity contribution in [2.24, 2.45) is 5.92 Å². The van der Waals surface area contributed by atoms with Crippen LogP contribution in [0, 0.1) is 12.8 Å². The van der Waals surface area contributed by atoms with Gasteiger partial charge in [0.1, 0.15) is 5.00 Å². The van der Waals surface area contributed by atoms with E-state index >= 15 is 0 Å². The number of ketones is 1.